The molecular formula is C29H31F2NO6S. The zero-order valence-corrected chi connectivity index (χ0v) is 22.8. The van der Waals surface area contributed by atoms with Crippen molar-refractivity contribution < 1.29 is 36.2 Å². The van der Waals surface area contributed by atoms with E-state index in [9.17, 15) is 22.0 Å². The minimum atomic E-state index is -3.81. The van der Waals surface area contributed by atoms with Crippen LogP contribution in [0.2, 0.25) is 0 Å². The average Bonchev–Trinajstić information content (AvgIpc) is 2.86. The van der Waals surface area contributed by atoms with Crippen molar-refractivity contribution in [2.45, 2.75) is 51.6 Å². The predicted molar refractivity (Wildman–Crippen MR) is 143 cm³/mol. The van der Waals surface area contributed by atoms with Crippen molar-refractivity contribution in [2.75, 3.05) is 7.11 Å². The Morgan fingerprint density at radius 1 is 1.08 bits per heavy atom. The highest BCUT2D eigenvalue weighted by atomic mass is 32.2. The molecule has 0 aliphatic carbocycles. The van der Waals surface area contributed by atoms with Crippen molar-refractivity contribution in [3.63, 3.8) is 0 Å². The summed E-state index contributed by atoms with van der Waals surface area (Å²) in [5, 5.41) is 5.28. The Hall–Kier alpha value is -3.50. The van der Waals surface area contributed by atoms with E-state index in [1.54, 1.807) is 30.3 Å². The zero-order valence-electron chi connectivity index (χ0n) is 21.9. The first kappa shape index (κ1) is 28.5. The number of nitrogens with two attached hydrogens (primary N) is 1. The number of methoxy groups -OCH3 is 1. The van der Waals surface area contributed by atoms with Gasteiger partial charge in [-0.15, -0.1) is 0 Å². The van der Waals surface area contributed by atoms with Gasteiger partial charge < -0.3 is 14.2 Å². The molecule has 4 rings (SSSR count). The Morgan fingerprint density at radius 3 is 2.51 bits per heavy atom. The Morgan fingerprint density at radius 2 is 1.82 bits per heavy atom. The molecule has 3 aromatic carbocycles. The number of sulfonamides is 1. The van der Waals surface area contributed by atoms with Gasteiger partial charge in [0.2, 0.25) is 10.0 Å². The quantitative estimate of drug-likeness (QED) is 0.317. The monoisotopic (exact) mass is 559 g/mol. The smallest absolute Gasteiger partial charge is 0.387 e. The Labute approximate surface area is 226 Å². The highest BCUT2D eigenvalue weighted by Crippen LogP contribution is 2.49. The highest BCUT2D eigenvalue weighted by molar-refractivity contribution is 7.88. The summed E-state index contributed by atoms with van der Waals surface area (Å²) in [5.41, 5.74) is 3.26. The van der Waals surface area contributed by atoms with Crippen LogP contribution in [0.4, 0.5) is 8.78 Å². The van der Waals surface area contributed by atoms with Crippen molar-refractivity contribution in [3.8, 4) is 22.6 Å². The first-order valence-electron chi connectivity index (χ1n) is 12.4. The van der Waals surface area contributed by atoms with Gasteiger partial charge in [0.1, 0.15) is 17.6 Å². The van der Waals surface area contributed by atoms with E-state index in [0.29, 0.717) is 40.8 Å². The van der Waals surface area contributed by atoms with Gasteiger partial charge in [-0.05, 0) is 67.5 Å². The number of halogens is 2. The zero-order chi connectivity index (χ0) is 28.4. The Bertz CT molecular complexity index is 1470. The molecule has 0 aromatic heterocycles. The third-order valence-electron chi connectivity index (χ3n) is 6.74. The van der Waals surface area contributed by atoms with Gasteiger partial charge in [-0.25, -0.2) is 13.6 Å². The molecule has 208 valence electrons. The minimum absolute atomic E-state index is 0.0385. The maximum Gasteiger partial charge on any atom is 0.387 e. The molecule has 0 saturated heterocycles. The highest BCUT2D eigenvalue weighted by Gasteiger charge is 2.31. The number of hydrogen-bond acceptors (Lipinski definition) is 6. The number of aryl methyl sites for hydroxylation is 1. The molecule has 3 aromatic rings. The average molecular weight is 560 g/mol. The Kier molecular flexibility index (Phi) is 8.27. The molecule has 1 atom stereocenters. The van der Waals surface area contributed by atoms with Crippen LogP contribution in [-0.2, 0) is 31.7 Å². The summed E-state index contributed by atoms with van der Waals surface area (Å²) in [4.78, 5) is 12.0. The van der Waals surface area contributed by atoms with E-state index in [1.807, 2.05) is 38.1 Å². The van der Waals surface area contributed by atoms with E-state index in [4.69, 9.17) is 19.3 Å². The van der Waals surface area contributed by atoms with Crippen LogP contribution in [0.5, 0.6) is 11.5 Å². The van der Waals surface area contributed by atoms with Gasteiger partial charge in [-0.2, -0.15) is 8.78 Å². The number of carbonyl (C=O) groups is 1. The lowest BCUT2D eigenvalue weighted by atomic mass is 9.85. The fourth-order valence-corrected chi connectivity index (χ4v) is 5.55. The molecule has 0 amide bonds. The van der Waals surface area contributed by atoms with Crippen LogP contribution in [0.3, 0.4) is 0 Å². The van der Waals surface area contributed by atoms with Gasteiger partial charge in [-0.3, -0.25) is 4.79 Å². The number of alkyl halides is 2. The van der Waals surface area contributed by atoms with E-state index in [-0.39, 0.29) is 17.5 Å². The van der Waals surface area contributed by atoms with Crippen LogP contribution in [0.1, 0.15) is 55.0 Å². The van der Waals surface area contributed by atoms with Gasteiger partial charge in [0.25, 0.3) is 0 Å². The maximum atomic E-state index is 13.2. The SMILES string of the molecule is COC(=O)C(C)(C)CCCc1cccc(C2Oc3cccc(OC(F)F)c3-c3ccc(CS(N)(=O)=O)cc32)c1. The Balaban J connectivity index is 1.71. The van der Waals surface area contributed by atoms with Crippen LogP contribution >= 0.6 is 0 Å². The second kappa shape index (κ2) is 11.3. The van der Waals surface area contributed by atoms with Gasteiger partial charge >= 0.3 is 12.6 Å². The molecule has 0 radical (unpaired) electrons. The third kappa shape index (κ3) is 6.75. The van der Waals surface area contributed by atoms with Crippen LogP contribution < -0.4 is 14.6 Å². The molecule has 1 heterocycles. The summed E-state index contributed by atoms with van der Waals surface area (Å²) in [6, 6.07) is 17.4. The number of benzene rings is 3. The predicted octanol–water partition coefficient (Wildman–Crippen LogP) is 5.75. The number of esters is 1. The molecule has 0 spiro atoms. The lowest BCUT2D eigenvalue weighted by Crippen LogP contribution is -2.25. The number of hydrogen-bond donors (Lipinski definition) is 1. The fraction of sp³-hybridized carbons (Fsp3) is 0.345. The molecule has 1 unspecified atom stereocenters. The van der Waals surface area contributed by atoms with Crippen LogP contribution in [-0.4, -0.2) is 28.1 Å². The molecule has 10 heteroatoms. The maximum absolute atomic E-state index is 13.2. The summed E-state index contributed by atoms with van der Waals surface area (Å²) in [6.45, 7) is 0.676. The second-order valence-corrected chi connectivity index (χ2v) is 11.8. The molecule has 0 saturated carbocycles. The standard InChI is InChI=1S/C29H31F2NO6S/c1-29(2,27(33)36-3)14-6-8-18-7-4-9-20(15-18)26-22-16-19(17-39(32,34)35)12-13-21(22)25-23(37-26)10-5-11-24(25)38-28(30)31/h4-5,7,9-13,15-16,26,28H,6,8,14,17H2,1-3H3,(H2,32,34,35). The second-order valence-electron chi connectivity index (χ2n) is 10.2. The summed E-state index contributed by atoms with van der Waals surface area (Å²) in [6.07, 6.45) is 1.47. The third-order valence-corrected chi connectivity index (χ3v) is 7.48. The van der Waals surface area contributed by atoms with Gasteiger partial charge in [0.05, 0.1) is 23.8 Å². The van der Waals surface area contributed by atoms with E-state index >= 15 is 0 Å². The van der Waals surface area contributed by atoms with E-state index in [2.05, 4.69) is 0 Å². The lowest BCUT2D eigenvalue weighted by Gasteiger charge is -2.31. The molecule has 7 nitrogen and oxygen atoms in total. The van der Waals surface area contributed by atoms with Crippen molar-refractivity contribution in [3.05, 3.63) is 82.9 Å². The van der Waals surface area contributed by atoms with E-state index in [1.165, 1.54) is 13.2 Å². The number of ether oxygens (including phenoxy) is 3. The number of fused-ring (bicyclic) bond motifs is 3. The molecule has 1 aliphatic heterocycles. The van der Waals surface area contributed by atoms with Crippen molar-refractivity contribution in [1.29, 1.82) is 0 Å². The summed E-state index contributed by atoms with van der Waals surface area (Å²) < 4.78 is 65.9. The van der Waals surface area contributed by atoms with Crippen molar-refractivity contribution in [2.24, 2.45) is 10.6 Å². The first-order chi connectivity index (χ1) is 18.4. The minimum Gasteiger partial charge on any atom is -0.480 e. The molecule has 1 aliphatic rings. The normalized spacial score (nSPS) is 14.8. The lowest BCUT2D eigenvalue weighted by molar-refractivity contribution is -0.151. The molecule has 39 heavy (non-hydrogen) atoms. The van der Waals surface area contributed by atoms with Crippen molar-refractivity contribution in [1.82, 2.24) is 0 Å². The van der Waals surface area contributed by atoms with Gasteiger partial charge in [0, 0.05) is 5.56 Å². The van der Waals surface area contributed by atoms with Crippen molar-refractivity contribution >= 4 is 16.0 Å². The van der Waals surface area contributed by atoms with Gasteiger partial charge in [0.15, 0.2) is 0 Å². The molecule has 0 bridgehead atoms. The first-order valence-corrected chi connectivity index (χ1v) is 14.1. The molecular weight excluding hydrogens is 528 g/mol. The van der Waals surface area contributed by atoms with Crippen LogP contribution in [0.25, 0.3) is 11.1 Å². The largest absolute Gasteiger partial charge is 0.480 e. The summed E-state index contributed by atoms with van der Waals surface area (Å²) >= 11 is 0. The number of rotatable bonds is 10. The summed E-state index contributed by atoms with van der Waals surface area (Å²) in [5.74, 6) is -0.309. The molecule has 0 fully saturated rings. The van der Waals surface area contributed by atoms with Gasteiger partial charge in [-0.1, -0.05) is 48.5 Å². The van der Waals surface area contributed by atoms with E-state index < -0.39 is 28.2 Å². The van der Waals surface area contributed by atoms with Crippen LogP contribution in [0, 0.1) is 5.41 Å². The number of primary sulfonamides is 1. The van der Waals surface area contributed by atoms with E-state index in [0.717, 1.165) is 17.5 Å². The topological polar surface area (TPSA) is 105 Å². The van der Waals surface area contributed by atoms with Crippen LogP contribution in [0.15, 0.2) is 60.7 Å². The molecule has 2 N–H and O–H groups in total. The number of carbonyl (C=O) groups excluding carboxylic acids is 1. The summed E-state index contributed by atoms with van der Waals surface area (Å²) in [7, 11) is -2.43. The fourth-order valence-electron chi connectivity index (χ4n) is 4.91.